The molecule has 7 heteroatoms. The fourth-order valence-corrected chi connectivity index (χ4v) is 3.13. The van der Waals surface area contributed by atoms with Crippen molar-refractivity contribution in [2.45, 2.75) is 6.61 Å². The molecule has 156 valence electrons. The van der Waals surface area contributed by atoms with E-state index in [1.807, 2.05) is 24.3 Å². The Morgan fingerprint density at radius 3 is 2.58 bits per heavy atom. The maximum absolute atomic E-state index is 12.5. The largest absolute Gasteiger partial charge is 0.493 e. The van der Waals surface area contributed by atoms with Crippen LogP contribution in [0.5, 0.6) is 11.5 Å². The monoisotopic (exact) mass is 452 g/mol. The van der Waals surface area contributed by atoms with E-state index in [4.69, 9.17) is 32.7 Å². The van der Waals surface area contributed by atoms with Crippen molar-refractivity contribution in [2.75, 3.05) is 12.4 Å². The van der Waals surface area contributed by atoms with Crippen LogP contribution >= 0.6 is 23.2 Å². The lowest BCUT2D eigenvalue weighted by Gasteiger charge is -2.12. The van der Waals surface area contributed by atoms with E-state index < -0.39 is 5.91 Å². The third-order valence-corrected chi connectivity index (χ3v) is 4.89. The summed E-state index contributed by atoms with van der Waals surface area (Å²) in [6, 6.07) is 21.1. The summed E-state index contributed by atoms with van der Waals surface area (Å²) < 4.78 is 11.2. The Morgan fingerprint density at radius 1 is 1.06 bits per heavy atom. The van der Waals surface area contributed by atoms with E-state index >= 15 is 0 Å². The average molecular weight is 453 g/mol. The Bertz CT molecular complexity index is 1170. The van der Waals surface area contributed by atoms with Gasteiger partial charge in [0.1, 0.15) is 18.2 Å². The normalized spacial score (nSPS) is 10.8. The molecule has 0 bridgehead atoms. The van der Waals surface area contributed by atoms with Crippen molar-refractivity contribution in [3.63, 3.8) is 0 Å². The Morgan fingerprint density at radius 2 is 1.87 bits per heavy atom. The average Bonchev–Trinajstić information content (AvgIpc) is 2.77. The first kappa shape index (κ1) is 22.2. The Hall–Kier alpha value is -3.46. The molecule has 0 aromatic heterocycles. The summed E-state index contributed by atoms with van der Waals surface area (Å²) in [4.78, 5) is 12.5. The minimum atomic E-state index is -0.542. The topological polar surface area (TPSA) is 71.3 Å². The van der Waals surface area contributed by atoms with Crippen molar-refractivity contribution in [3.05, 3.63) is 93.5 Å². The molecule has 1 N–H and O–H groups in total. The van der Waals surface area contributed by atoms with E-state index in [1.54, 1.807) is 48.5 Å². The molecule has 1 amide bonds. The summed E-state index contributed by atoms with van der Waals surface area (Å²) >= 11 is 12.1. The van der Waals surface area contributed by atoms with Crippen LogP contribution in [0.4, 0.5) is 5.69 Å². The van der Waals surface area contributed by atoms with Crippen molar-refractivity contribution in [2.24, 2.45) is 0 Å². The van der Waals surface area contributed by atoms with Gasteiger partial charge in [-0.1, -0.05) is 53.5 Å². The van der Waals surface area contributed by atoms with Gasteiger partial charge >= 0.3 is 0 Å². The molecule has 3 rings (SSSR count). The van der Waals surface area contributed by atoms with Gasteiger partial charge in [0, 0.05) is 21.3 Å². The van der Waals surface area contributed by atoms with Crippen LogP contribution in [0.2, 0.25) is 10.0 Å². The molecule has 0 spiro atoms. The van der Waals surface area contributed by atoms with Crippen LogP contribution in [0.25, 0.3) is 6.08 Å². The summed E-state index contributed by atoms with van der Waals surface area (Å²) in [6.45, 7) is 0.240. The first-order chi connectivity index (χ1) is 15.0. The summed E-state index contributed by atoms with van der Waals surface area (Å²) in [5.41, 5.74) is 1.86. The molecule has 0 aliphatic rings. The van der Waals surface area contributed by atoms with E-state index in [-0.39, 0.29) is 12.2 Å². The molecule has 0 saturated heterocycles. The standard InChI is InChI=1S/C24H18Cl2N2O3/c1-30-22-10-9-16(12-23(22)31-15-17-5-2-3-8-21(17)26)11-18(14-27)24(29)28-20-7-4-6-19(25)13-20/h2-13H,15H2,1H3,(H,28,29)/b18-11+. The summed E-state index contributed by atoms with van der Waals surface area (Å²) in [5.74, 6) is 0.439. The van der Waals surface area contributed by atoms with Crippen molar-refractivity contribution < 1.29 is 14.3 Å². The fraction of sp³-hybridized carbons (Fsp3) is 0.0833. The Labute approximate surface area is 190 Å². The van der Waals surface area contributed by atoms with E-state index in [2.05, 4.69) is 5.32 Å². The number of methoxy groups -OCH3 is 1. The van der Waals surface area contributed by atoms with Gasteiger partial charge in [-0.3, -0.25) is 4.79 Å². The second-order valence-corrected chi connectivity index (χ2v) is 7.27. The molecule has 5 nitrogen and oxygen atoms in total. The highest BCUT2D eigenvalue weighted by Gasteiger charge is 2.12. The Balaban J connectivity index is 1.81. The number of amides is 1. The molecule has 0 fully saturated rings. The molecule has 0 aliphatic carbocycles. The second kappa shape index (κ2) is 10.5. The van der Waals surface area contributed by atoms with E-state index in [9.17, 15) is 10.1 Å². The summed E-state index contributed by atoms with van der Waals surface area (Å²) in [7, 11) is 1.53. The lowest BCUT2D eigenvalue weighted by Crippen LogP contribution is -2.13. The van der Waals surface area contributed by atoms with Gasteiger partial charge in [0.15, 0.2) is 11.5 Å². The number of nitriles is 1. The van der Waals surface area contributed by atoms with Gasteiger partial charge < -0.3 is 14.8 Å². The predicted molar refractivity (Wildman–Crippen MR) is 122 cm³/mol. The zero-order valence-corrected chi connectivity index (χ0v) is 18.1. The molecule has 3 aromatic carbocycles. The van der Waals surface area contributed by atoms with Crippen LogP contribution in [-0.4, -0.2) is 13.0 Å². The molecule has 0 heterocycles. The van der Waals surface area contributed by atoms with Crippen molar-refractivity contribution >= 4 is 40.9 Å². The van der Waals surface area contributed by atoms with Crippen LogP contribution in [-0.2, 0) is 11.4 Å². The second-order valence-electron chi connectivity index (χ2n) is 6.42. The van der Waals surface area contributed by atoms with Gasteiger partial charge in [0.05, 0.1) is 7.11 Å². The minimum Gasteiger partial charge on any atom is -0.493 e. The maximum atomic E-state index is 12.5. The van der Waals surface area contributed by atoms with E-state index in [0.29, 0.717) is 32.8 Å². The summed E-state index contributed by atoms with van der Waals surface area (Å²) in [5, 5.41) is 13.2. The van der Waals surface area contributed by atoms with Gasteiger partial charge in [0.2, 0.25) is 0 Å². The number of halogens is 2. The molecular weight excluding hydrogens is 435 g/mol. The zero-order valence-electron chi connectivity index (χ0n) is 16.6. The number of carbonyl (C=O) groups excluding carboxylic acids is 1. The van der Waals surface area contributed by atoms with Crippen LogP contribution in [0.3, 0.4) is 0 Å². The van der Waals surface area contributed by atoms with Gasteiger partial charge in [-0.15, -0.1) is 0 Å². The number of hydrogen-bond acceptors (Lipinski definition) is 4. The molecule has 3 aromatic rings. The van der Waals surface area contributed by atoms with Crippen LogP contribution in [0.15, 0.2) is 72.3 Å². The SMILES string of the molecule is COc1ccc(/C=C(\C#N)C(=O)Nc2cccc(Cl)c2)cc1OCc1ccccc1Cl. The van der Waals surface area contributed by atoms with Gasteiger partial charge in [-0.2, -0.15) is 5.26 Å². The third kappa shape index (κ3) is 6.02. The number of rotatable bonds is 7. The molecule has 0 aliphatic heterocycles. The first-order valence-electron chi connectivity index (χ1n) is 9.23. The van der Waals surface area contributed by atoms with Crippen LogP contribution in [0.1, 0.15) is 11.1 Å². The number of nitrogens with one attached hydrogen (secondary N) is 1. The number of nitrogens with zero attached hydrogens (tertiary/aromatic N) is 1. The number of hydrogen-bond donors (Lipinski definition) is 1. The Kier molecular flexibility index (Phi) is 7.55. The minimum absolute atomic E-state index is 0.0674. The highest BCUT2D eigenvalue weighted by molar-refractivity contribution is 6.31. The highest BCUT2D eigenvalue weighted by Crippen LogP contribution is 2.30. The van der Waals surface area contributed by atoms with Crippen LogP contribution < -0.4 is 14.8 Å². The number of carbonyl (C=O) groups is 1. The van der Waals surface area contributed by atoms with E-state index in [1.165, 1.54) is 13.2 Å². The lowest BCUT2D eigenvalue weighted by molar-refractivity contribution is -0.112. The van der Waals surface area contributed by atoms with E-state index in [0.717, 1.165) is 5.56 Å². The van der Waals surface area contributed by atoms with Crippen molar-refractivity contribution in [3.8, 4) is 17.6 Å². The quantitative estimate of drug-likeness (QED) is 0.345. The fourth-order valence-electron chi connectivity index (χ4n) is 2.75. The molecule has 31 heavy (non-hydrogen) atoms. The van der Waals surface area contributed by atoms with Crippen molar-refractivity contribution in [1.82, 2.24) is 0 Å². The molecular formula is C24H18Cl2N2O3. The molecule has 0 atom stereocenters. The first-order valence-corrected chi connectivity index (χ1v) is 9.98. The number of benzene rings is 3. The number of ether oxygens (including phenoxy) is 2. The van der Waals surface area contributed by atoms with Gasteiger partial charge in [-0.05, 0) is 48.0 Å². The smallest absolute Gasteiger partial charge is 0.266 e. The molecule has 0 radical (unpaired) electrons. The molecule has 0 saturated carbocycles. The number of anilines is 1. The van der Waals surface area contributed by atoms with Crippen LogP contribution in [0, 0.1) is 11.3 Å². The zero-order chi connectivity index (χ0) is 22.2. The lowest BCUT2D eigenvalue weighted by atomic mass is 10.1. The summed E-state index contributed by atoms with van der Waals surface area (Å²) in [6.07, 6.45) is 1.47. The van der Waals surface area contributed by atoms with Gasteiger partial charge in [-0.25, -0.2) is 0 Å². The maximum Gasteiger partial charge on any atom is 0.266 e. The predicted octanol–water partition coefficient (Wildman–Crippen LogP) is 6.13. The third-order valence-electron chi connectivity index (χ3n) is 4.29. The van der Waals surface area contributed by atoms with Crippen molar-refractivity contribution in [1.29, 1.82) is 5.26 Å². The highest BCUT2D eigenvalue weighted by atomic mass is 35.5. The molecule has 0 unspecified atom stereocenters. The van der Waals surface area contributed by atoms with Gasteiger partial charge in [0.25, 0.3) is 5.91 Å².